The van der Waals surface area contributed by atoms with Crippen LogP contribution in [0.4, 0.5) is 0 Å². The number of benzene rings is 1. The Labute approximate surface area is 147 Å². The molecular weight excluding hydrogens is 346 g/mol. The van der Waals surface area contributed by atoms with E-state index < -0.39 is 10.0 Å². The number of aromatic nitrogens is 2. The molecule has 0 saturated heterocycles. The third-order valence-electron chi connectivity index (χ3n) is 3.86. The smallest absolute Gasteiger partial charge is 0.246 e. The zero-order chi connectivity index (χ0) is 18.8. The van der Waals surface area contributed by atoms with Crippen molar-refractivity contribution in [1.29, 1.82) is 0 Å². The number of nitrogens with one attached hydrogen (secondary N) is 1. The summed E-state index contributed by atoms with van der Waals surface area (Å²) in [6.07, 6.45) is 0. The van der Waals surface area contributed by atoms with Crippen LogP contribution in [0.5, 0.6) is 17.2 Å². The zero-order valence-corrected chi connectivity index (χ0v) is 16.0. The molecule has 0 amide bonds. The van der Waals surface area contributed by atoms with E-state index in [1.54, 1.807) is 26.0 Å². The number of methoxy groups -OCH3 is 3. The van der Waals surface area contributed by atoms with Gasteiger partial charge in [0.1, 0.15) is 4.90 Å². The summed E-state index contributed by atoms with van der Waals surface area (Å²) in [4.78, 5) is 0.197. The lowest BCUT2D eigenvalue weighted by Crippen LogP contribution is -2.27. The first kappa shape index (κ1) is 19.1. The van der Waals surface area contributed by atoms with Gasteiger partial charge >= 0.3 is 0 Å². The summed E-state index contributed by atoms with van der Waals surface area (Å²) in [5.41, 5.74) is 1.66. The summed E-state index contributed by atoms with van der Waals surface area (Å²) in [6, 6.07) is 3.45. The molecule has 2 rings (SSSR count). The largest absolute Gasteiger partial charge is 0.493 e. The summed E-state index contributed by atoms with van der Waals surface area (Å²) in [5, 5.41) is 6.66. The molecule has 1 aromatic carbocycles. The van der Waals surface area contributed by atoms with Gasteiger partial charge in [0.15, 0.2) is 11.5 Å². The number of aryl methyl sites for hydroxylation is 2. The lowest BCUT2D eigenvalue weighted by molar-refractivity contribution is 0.323. The Hall–Kier alpha value is -2.26. The number of rotatable bonds is 7. The molecule has 1 heterocycles. The van der Waals surface area contributed by atoms with Crippen molar-refractivity contribution in [3.05, 3.63) is 29.1 Å². The van der Waals surface area contributed by atoms with Gasteiger partial charge in [0.05, 0.1) is 32.7 Å². The van der Waals surface area contributed by atoms with Crippen LogP contribution in [0.25, 0.3) is 0 Å². The number of aromatic amines is 1. The van der Waals surface area contributed by atoms with Crippen molar-refractivity contribution in [3.8, 4) is 17.2 Å². The van der Waals surface area contributed by atoms with E-state index >= 15 is 0 Å². The van der Waals surface area contributed by atoms with Gasteiger partial charge in [0.2, 0.25) is 15.8 Å². The Balaban J connectivity index is 2.39. The Morgan fingerprint density at radius 1 is 1.08 bits per heavy atom. The van der Waals surface area contributed by atoms with Crippen LogP contribution in [0.2, 0.25) is 0 Å². The van der Waals surface area contributed by atoms with E-state index in [0.717, 1.165) is 0 Å². The third kappa shape index (κ3) is 3.57. The van der Waals surface area contributed by atoms with Crippen LogP contribution >= 0.6 is 0 Å². The van der Waals surface area contributed by atoms with E-state index in [1.807, 2.05) is 0 Å². The Bertz CT molecular complexity index is 816. The van der Waals surface area contributed by atoms with Crippen LogP contribution in [0.1, 0.15) is 17.0 Å². The minimum absolute atomic E-state index is 0.142. The number of H-pyrrole nitrogens is 1. The second kappa shape index (κ2) is 7.32. The summed E-state index contributed by atoms with van der Waals surface area (Å²) < 4.78 is 42.9. The van der Waals surface area contributed by atoms with E-state index in [9.17, 15) is 8.42 Å². The Morgan fingerprint density at radius 2 is 1.64 bits per heavy atom. The van der Waals surface area contributed by atoms with Gasteiger partial charge < -0.3 is 14.2 Å². The highest BCUT2D eigenvalue weighted by atomic mass is 32.2. The average molecular weight is 369 g/mol. The molecule has 2 aromatic rings. The summed E-state index contributed by atoms with van der Waals surface area (Å²) in [6.45, 7) is 3.48. The highest BCUT2D eigenvalue weighted by Crippen LogP contribution is 2.38. The summed E-state index contributed by atoms with van der Waals surface area (Å²) in [5.74, 6) is 1.40. The molecule has 9 heteroatoms. The average Bonchev–Trinajstić information content (AvgIpc) is 2.92. The van der Waals surface area contributed by atoms with Gasteiger partial charge in [-0.1, -0.05) is 0 Å². The van der Waals surface area contributed by atoms with Crippen molar-refractivity contribution in [2.45, 2.75) is 25.3 Å². The predicted molar refractivity (Wildman–Crippen MR) is 92.8 cm³/mol. The molecule has 138 valence electrons. The second-order valence-corrected chi connectivity index (χ2v) is 7.54. The third-order valence-corrected chi connectivity index (χ3v) is 5.93. The quantitative estimate of drug-likeness (QED) is 0.801. The Kier molecular flexibility index (Phi) is 5.58. The topological polar surface area (TPSA) is 93.8 Å². The number of hydrogen-bond acceptors (Lipinski definition) is 6. The van der Waals surface area contributed by atoms with Crippen molar-refractivity contribution in [2.24, 2.45) is 0 Å². The van der Waals surface area contributed by atoms with Gasteiger partial charge in [0, 0.05) is 13.6 Å². The molecule has 1 N–H and O–H groups in total. The van der Waals surface area contributed by atoms with E-state index in [4.69, 9.17) is 14.2 Å². The van der Waals surface area contributed by atoms with Gasteiger partial charge in [-0.3, -0.25) is 5.10 Å². The number of hydrogen-bond donors (Lipinski definition) is 1. The lowest BCUT2D eigenvalue weighted by atomic mass is 10.2. The van der Waals surface area contributed by atoms with Crippen LogP contribution < -0.4 is 14.2 Å². The SMILES string of the molecule is COc1cc(CN(C)S(=O)(=O)c2c(C)n[nH]c2C)cc(OC)c1OC. The maximum absolute atomic E-state index is 12.9. The number of ether oxygens (including phenoxy) is 3. The number of nitrogens with zero attached hydrogens (tertiary/aromatic N) is 2. The molecule has 0 spiro atoms. The first-order valence-electron chi connectivity index (χ1n) is 7.53. The molecule has 0 aliphatic carbocycles. The fourth-order valence-corrected chi connectivity index (χ4v) is 4.13. The van der Waals surface area contributed by atoms with Crippen molar-refractivity contribution >= 4 is 10.0 Å². The van der Waals surface area contributed by atoms with Crippen molar-refractivity contribution in [2.75, 3.05) is 28.4 Å². The zero-order valence-electron chi connectivity index (χ0n) is 15.2. The number of sulfonamides is 1. The van der Waals surface area contributed by atoms with Crippen LogP contribution in [0.3, 0.4) is 0 Å². The minimum Gasteiger partial charge on any atom is -0.493 e. The standard InChI is InChI=1S/C16H23N3O5S/c1-10-16(11(2)18-17-10)25(20,21)19(3)9-12-7-13(22-4)15(24-6)14(8-12)23-5/h7-8H,9H2,1-6H3,(H,17,18). The van der Waals surface area contributed by atoms with Gasteiger partial charge in [-0.2, -0.15) is 9.40 Å². The van der Waals surface area contributed by atoms with E-state index in [1.165, 1.54) is 32.7 Å². The Morgan fingerprint density at radius 3 is 2.04 bits per heavy atom. The molecule has 0 aliphatic heterocycles. The molecule has 1 aromatic heterocycles. The second-order valence-electron chi connectivity index (χ2n) is 5.56. The highest BCUT2D eigenvalue weighted by molar-refractivity contribution is 7.89. The predicted octanol–water partition coefficient (Wildman–Crippen LogP) is 1.87. The molecule has 0 radical (unpaired) electrons. The molecule has 0 saturated carbocycles. The molecule has 0 atom stereocenters. The van der Waals surface area contributed by atoms with Crippen molar-refractivity contribution in [3.63, 3.8) is 0 Å². The monoisotopic (exact) mass is 369 g/mol. The van der Waals surface area contributed by atoms with E-state index in [0.29, 0.717) is 34.2 Å². The first-order valence-corrected chi connectivity index (χ1v) is 8.97. The highest BCUT2D eigenvalue weighted by Gasteiger charge is 2.27. The molecule has 8 nitrogen and oxygen atoms in total. The molecule has 0 aliphatic rings. The molecule has 0 unspecified atom stereocenters. The van der Waals surface area contributed by atoms with Crippen LogP contribution in [-0.4, -0.2) is 51.3 Å². The molecular formula is C16H23N3O5S. The first-order chi connectivity index (χ1) is 11.8. The molecule has 25 heavy (non-hydrogen) atoms. The maximum Gasteiger partial charge on any atom is 0.246 e. The molecule has 0 bridgehead atoms. The summed E-state index contributed by atoms with van der Waals surface area (Å²) >= 11 is 0. The normalized spacial score (nSPS) is 11.6. The van der Waals surface area contributed by atoms with E-state index in [-0.39, 0.29) is 11.4 Å². The maximum atomic E-state index is 12.9. The van der Waals surface area contributed by atoms with E-state index in [2.05, 4.69) is 10.2 Å². The summed E-state index contributed by atoms with van der Waals surface area (Å²) in [7, 11) is 2.38. The van der Waals surface area contributed by atoms with Crippen LogP contribution in [0.15, 0.2) is 17.0 Å². The van der Waals surface area contributed by atoms with Gasteiger partial charge in [-0.15, -0.1) is 0 Å². The van der Waals surface area contributed by atoms with Gasteiger partial charge in [0.25, 0.3) is 0 Å². The van der Waals surface area contributed by atoms with Crippen LogP contribution in [-0.2, 0) is 16.6 Å². The van der Waals surface area contributed by atoms with Gasteiger partial charge in [-0.05, 0) is 31.5 Å². The lowest BCUT2D eigenvalue weighted by Gasteiger charge is -2.19. The van der Waals surface area contributed by atoms with Crippen molar-refractivity contribution in [1.82, 2.24) is 14.5 Å². The van der Waals surface area contributed by atoms with Crippen LogP contribution in [0, 0.1) is 13.8 Å². The van der Waals surface area contributed by atoms with Crippen molar-refractivity contribution < 1.29 is 22.6 Å². The van der Waals surface area contributed by atoms with Gasteiger partial charge in [-0.25, -0.2) is 8.42 Å². The minimum atomic E-state index is -3.68. The fraction of sp³-hybridized carbons (Fsp3) is 0.438. The molecule has 0 fully saturated rings. The fourth-order valence-electron chi connectivity index (χ4n) is 2.65.